The first-order valence-corrected chi connectivity index (χ1v) is 7.70. The SMILES string of the molecule is COc1cc(Br)c(F)cc1S(=O)(=O)N(C)C(C)CN. The normalized spacial score (nSPS) is 13.6. The van der Waals surface area contributed by atoms with Gasteiger partial charge in [-0.3, -0.25) is 0 Å². The summed E-state index contributed by atoms with van der Waals surface area (Å²) in [6, 6.07) is 1.81. The third-order valence-electron chi connectivity index (χ3n) is 2.83. The van der Waals surface area contributed by atoms with E-state index in [1.165, 1.54) is 20.2 Å². The molecule has 1 unspecified atom stereocenters. The molecule has 0 aliphatic heterocycles. The van der Waals surface area contributed by atoms with E-state index in [4.69, 9.17) is 10.5 Å². The van der Waals surface area contributed by atoms with Gasteiger partial charge in [-0.15, -0.1) is 0 Å². The lowest BCUT2D eigenvalue weighted by Crippen LogP contribution is -2.39. The zero-order valence-corrected chi connectivity index (χ0v) is 13.3. The van der Waals surface area contributed by atoms with Crippen LogP contribution in [0, 0.1) is 5.82 Å². The first-order chi connectivity index (χ1) is 8.75. The van der Waals surface area contributed by atoms with Gasteiger partial charge in [0.25, 0.3) is 0 Å². The Balaban J connectivity index is 3.40. The van der Waals surface area contributed by atoms with E-state index in [0.717, 1.165) is 10.4 Å². The van der Waals surface area contributed by atoms with Crippen LogP contribution >= 0.6 is 15.9 Å². The lowest BCUT2D eigenvalue weighted by molar-refractivity contribution is 0.378. The summed E-state index contributed by atoms with van der Waals surface area (Å²) in [5.41, 5.74) is 5.45. The molecule has 0 heterocycles. The summed E-state index contributed by atoms with van der Waals surface area (Å²) in [5, 5.41) is 0. The number of nitrogens with zero attached hydrogens (tertiary/aromatic N) is 1. The zero-order chi connectivity index (χ0) is 14.8. The van der Waals surface area contributed by atoms with Crippen molar-refractivity contribution in [2.24, 2.45) is 5.73 Å². The predicted molar refractivity (Wildman–Crippen MR) is 74.1 cm³/mol. The number of ether oxygens (including phenoxy) is 1. The summed E-state index contributed by atoms with van der Waals surface area (Å²) in [5.74, 6) is -0.600. The molecule has 1 aromatic carbocycles. The molecule has 108 valence electrons. The van der Waals surface area contributed by atoms with Crippen LogP contribution in [0.25, 0.3) is 0 Å². The van der Waals surface area contributed by atoms with Gasteiger partial charge >= 0.3 is 0 Å². The minimum atomic E-state index is -3.86. The van der Waals surface area contributed by atoms with Crippen LogP contribution in [0.5, 0.6) is 5.75 Å². The third-order valence-corrected chi connectivity index (χ3v) is 5.43. The van der Waals surface area contributed by atoms with Crippen molar-refractivity contribution >= 4 is 26.0 Å². The van der Waals surface area contributed by atoms with Gasteiger partial charge in [-0.1, -0.05) is 0 Å². The van der Waals surface area contributed by atoms with E-state index in [0.29, 0.717) is 0 Å². The molecule has 0 aromatic heterocycles. The Morgan fingerprint density at radius 3 is 2.58 bits per heavy atom. The first kappa shape index (κ1) is 16.4. The molecule has 0 spiro atoms. The molecule has 0 radical (unpaired) electrons. The summed E-state index contributed by atoms with van der Waals surface area (Å²) in [6.45, 7) is 1.83. The van der Waals surface area contributed by atoms with Crippen molar-refractivity contribution < 1.29 is 17.5 Å². The minimum absolute atomic E-state index is 0.0735. The van der Waals surface area contributed by atoms with Crippen molar-refractivity contribution in [2.75, 3.05) is 20.7 Å². The van der Waals surface area contributed by atoms with Crippen molar-refractivity contribution in [3.8, 4) is 5.75 Å². The van der Waals surface area contributed by atoms with Crippen molar-refractivity contribution in [3.63, 3.8) is 0 Å². The second kappa shape index (κ2) is 6.17. The molecule has 0 saturated carbocycles. The fraction of sp³-hybridized carbons (Fsp3) is 0.455. The predicted octanol–water partition coefficient (Wildman–Crippen LogP) is 1.56. The Morgan fingerprint density at radius 1 is 1.53 bits per heavy atom. The maximum Gasteiger partial charge on any atom is 0.246 e. The zero-order valence-electron chi connectivity index (χ0n) is 10.9. The Morgan fingerprint density at radius 2 is 2.11 bits per heavy atom. The van der Waals surface area contributed by atoms with Gasteiger partial charge in [0.2, 0.25) is 10.0 Å². The Labute approximate surface area is 120 Å². The Bertz CT molecular complexity index is 565. The van der Waals surface area contributed by atoms with E-state index in [1.54, 1.807) is 6.92 Å². The maximum absolute atomic E-state index is 13.6. The Kier molecular flexibility index (Phi) is 5.31. The molecule has 5 nitrogen and oxygen atoms in total. The van der Waals surface area contributed by atoms with Gasteiger partial charge in [0.05, 0.1) is 11.6 Å². The number of hydrogen-bond acceptors (Lipinski definition) is 4. The number of likely N-dealkylation sites (N-methyl/N-ethyl adjacent to an activating group) is 1. The summed E-state index contributed by atoms with van der Waals surface area (Å²) < 4.78 is 44.6. The molecule has 2 N–H and O–H groups in total. The first-order valence-electron chi connectivity index (χ1n) is 5.46. The monoisotopic (exact) mass is 354 g/mol. The molecular weight excluding hydrogens is 339 g/mol. The number of halogens is 2. The molecule has 1 atom stereocenters. The van der Waals surface area contributed by atoms with E-state index >= 15 is 0 Å². The molecule has 0 bridgehead atoms. The van der Waals surface area contributed by atoms with Crippen molar-refractivity contribution in [1.82, 2.24) is 4.31 Å². The molecule has 8 heteroatoms. The Hall–Kier alpha value is -0.700. The quantitative estimate of drug-likeness (QED) is 0.870. The molecule has 0 aliphatic carbocycles. The number of sulfonamides is 1. The maximum atomic E-state index is 13.6. The highest BCUT2D eigenvalue weighted by atomic mass is 79.9. The van der Waals surface area contributed by atoms with Crippen LogP contribution in [-0.4, -0.2) is 39.5 Å². The highest BCUT2D eigenvalue weighted by Gasteiger charge is 2.29. The third kappa shape index (κ3) is 3.25. The highest BCUT2D eigenvalue weighted by molar-refractivity contribution is 9.10. The van der Waals surface area contributed by atoms with Crippen LogP contribution in [0.15, 0.2) is 21.5 Å². The molecule has 19 heavy (non-hydrogen) atoms. The largest absolute Gasteiger partial charge is 0.495 e. The average molecular weight is 355 g/mol. The van der Waals surface area contributed by atoms with Crippen LogP contribution in [0.1, 0.15) is 6.92 Å². The van der Waals surface area contributed by atoms with Gasteiger partial charge in [0, 0.05) is 19.6 Å². The van der Waals surface area contributed by atoms with Gasteiger partial charge in [-0.2, -0.15) is 4.31 Å². The van der Waals surface area contributed by atoms with Gasteiger partial charge in [0.15, 0.2) is 0 Å². The summed E-state index contributed by atoms with van der Waals surface area (Å²) >= 11 is 2.98. The van der Waals surface area contributed by atoms with Gasteiger partial charge < -0.3 is 10.5 Å². The topological polar surface area (TPSA) is 72.6 Å². The standard InChI is InChI=1S/C11H16BrFN2O3S/c1-7(6-14)15(2)19(16,17)11-5-9(13)8(12)4-10(11)18-3/h4-5,7H,6,14H2,1-3H3. The number of nitrogens with two attached hydrogens (primary N) is 1. The van der Waals surface area contributed by atoms with E-state index in [-0.39, 0.29) is 21.7 Å². The van der Waals surface area contributed by atoms with E-state index in [9.17, 15) is 12.8 Å². The number of benzene rings is 1. The van der Waals surface area contributed by atoms with E-state index < -0.39 is 21.9 Å². The lowest BCUT2D eigenvalue weighted by Gasteiger charge is -2.24. The molecule has 1 rings (SSSR count). The van der Waals surface area contributed by atoms with Crippen molar-refractivity contribution in [3.05, 3.63) is 22.4 Å². The lowest BCUT2D eigenvalue weighted by atomic mass is 10.3. The average Bonchev–Trinajstić information content (AvgIpc) is 2.39. The molecule has 0 saturated heterocycles. The summed E-state index contributed by atoms with van der Waals surface area (Å²) in [6.07, 6.45) is 0. The fourth-order valence-electron chi connectivity index (χ4n) is 1.41. The highest BCUT2D eigenvalue weighted by Crippen LogP contribution is 2.31. The fourth-order valence-corrected chi connectivity index (χ4v) is 3.25. The molecule has 0 aliphatic rings. The number of methoxy groups -OCH3 is 1. The van der Waals surface area contributed by atoms with Crippen LogP contribution in [0.2, 0.25) is 0 Å². The molecule has 0 fully saturated rings. The number of hydrogen-bond donors (Lipinski definition) is 1. The van der Waals surface area contributed by atoms with E-state index in [2.05, 4.69) is 15.9 Å². The molecular formula is C11H16BrFN2O3S. The van der Waals surface area contributed by atoms with Crippen LogP contribution < -0.4 is 10.5 Å². The van der Waals surface area contributed by atoms with Gasteiger partial charge in [-0.05, 0) is 35.0 Å². The van der Waals surface area contributed by atoms with Crippen LogP contribution in [0.4, 0.5) is 4.39 Å². The summed E-state index contributed by atoms with van der Waals surface area (Å²) in [4.78, 5) is -0.224. The molecule has 0 amide bonds. The van der Waals surface area contributed by atoms with Gasteiger partial charge in [-0.25, -0.2) is 12.8 Å². The smallest absolute Gasteiger partial charge is 0.246 e. The molecule has 1 aromatic rings. The van der Waals surface area contributed by atoms with Crippen LogP contribution in [-0.2, 0) is 10.0 Å². The second-order valence-corrected chi connectivity index (χ2v) is 6.84. The van der Waals surface area contributed by atoms with E-state index in [1.807, 2.05) is 0 Å². The van der Waals surface area contributed by atoms with Gasteiger partial charge in [0.1, 0.15) is 16.5 Å². The second-order valence-electron chi connectivity index (χ2n) is 4.02. The van der Waals surface area contributed by atoms with Crippen molar-refractivity contribution in [1.29, 1.82) is 0 Å². The number of rotatable bonds is 5. The van der Waals surface area contributed by atoms with Crippen LogP contribution in [0.3, 0.4) is 0 Å². The minimum Gasteiger partial charge on any atom is -0.495 e. The van der Waals surface area contributed by atoms with Crippen molar-refractivity contribution in [2.45, 2.75) is 17.9 Å². The summed E-state index contributed by atoms with van der Waals surface area (Å²) in [7, 11) is -1.15.